The van der Waals surface area contributed by atoms with Gasteiger partial charge in [-0.1, -0.05) is 152 Å². The second-order valence-corrected chi connectivity index (χ2v) is 13.6. The summed E-state index contributed by atoms with van der Waals surface area (Å²) in [6.45, 7) is 0. The van der Waals surface area contributed by atoms with Crippen LogP contribution in [0.1, 0.15) is 0 Å². The van der Waals surface area contributed by atoms with Crippen molar-refractivity contribution in [2.45, 2.75) is 0 Å². The number of fused-ring (bicyclic) bond motifs is 9. The van der Waals surface area contributed by atoms with Crippen molar-refractivity contribution in [2.24, 2.45) is 0 Å². The Morgan fingerprint density at radius 2 is 0.926 bits per heavy atom. The van der Waals surface area contributed by atoms with Gasteiger partial charge in [-0.25, -0.2) is 4.98 Å². The summed E-state index contributed by atoms with van der Waals surface area (Å²) in [6.07, 6.45) is 0. The SMILES string of the molecule is c1ccc(-c2ccc3c(c2)oc2ccc4c(c23)c2c3ccccc3c(-c3ccccc3)cc2n4-c2nc(-c3ccccc3)nc(-c3ccccc3)n2)cc1. The molecule has 0 bridgehead atoms. The molecule has 0 N–H and O–H groups in total. The van der Waals surface area contributed by atoms with Crippen LogP contribution in [-0.2, 0) is 0 Å². The molecule has 0 aliphatic rings. The number of hydrogen-bond acceptors (Lipinski definition) is 4. The summed E-state index contributed by atoms with van der Waals surface area (Å²) in [7, 11) is 0. The highest BCUT2D eigenvalue weighted by Crippen LogP contribution is 2.46. The Balaban J connectivity index is 1.30. The molecule has 0 aliphatic heterocycles. The third-order valence-corrected chi connectivity index (χ3v) is 10.5. The van der Waals surface area contributed by atoms with E-state index in [-0.39, 0.29) is 0 Å². The molecule has 0 unspecified atom stereocenters. The predicted octanol–water partition coefficient (Wildman–Crippen LogP) is 12.7. The van der Waals surface area contributed by atoms with E-state index in [0.29, 0.717) is 17.6 Å². The number of rotatable bonds is 5. The Labute approximate surface area is 310 Å². The van der Waals surface area contributed by atoms with Crippen molar-refractivity contribution >= 4 is 54.5 Å². The Hall–Kier alpha value is -7.37. The van der Waals surface area contributed by atoms with Gasteiger partial charge in [0.25, 0.3) is 0 Å². The lowest BCUT2D eigenvalue weighted by Gasteiger charge is -2.13. The largest absolute Gasteiger partial charge is 0.456 e. The van der Waals surface area contributed by atoms with Crippen LogP contribution in [-0.4, -0.2) is 19.5 Å². The van der Waals surface area contributed by atoms with Crippen molar-refractivity contribution in [3.63, 3.8) is 0 Å². The second-order valence-electron chi connectivity index (χ2n) is 13.6. The number of benzene rings is 8. The first-order valence-electron chi connectivity index (χ1n) is 18.1. The summed E-state index contributed by atoms with van der Waals surface area (Å²) in [4.78, 5) is 15.5. The van der Waals surface area contributed by atoms with Gasteiger partial charge in [0.2, 0.25) is 5.95 Å². The van der Waals surface area contributed by atoms with E-state index in [9.17, 15) is 0 Å². The Kier molecular flexibility index (Phi) is 6.79. The molecule has 11 aromatic rings. The maximum Gasteiger partial charge on any atom is 0.238 e. The first kappa shape index (κ1) is 30.3. The fourth-order valence-electron chi connectivity index (χ4n) is 8.01. The summed E-state index contributed by atoms with van der Waals surface area (Å²) < 4.78 is 8.92. The van der Waals surface area contributed by atoms with Gasteiger partial charge in [0, 0.05) is 32.7 Å². The van der Waals surface area contributed by atoms with Gasteiger partial charge in [-0.15, -0.1) is 0 Å². The van der Waals surface area contributed by atoms with E-state index in [2.05, 4.69) is 120 Å². The molecule has 54 heavy (non-hydrogen) atoms. The quantitative estimate of drug-likeness (QED) is 0.180. The highest BCUT2D eigenvalue weighted by atomic mass is 16.3. The first-order chi connectivity index (χ1) is 26.8. The molecular weight excluding hydrogens is 661 g/mol. The smallest absolute Gasteiger partial charge is 0.238 e. The van der Waals surface area contributed by atoms with Crippen molar-refractivity contribution in [1.29, 1.82) is 0 Å². The van der Waals surface area contributed by atoms with Crippen LogP contribution in [0.25, 0.3) is 105 Å². The van der Waals surface area contributed by atoms with Gasteiger partial charge in [-0.05, 0) is 63.4 Å². The zero-order chi connectivity index (χ0) is 35.6. The van der Waals surface area contributed by atoms with Crippen LogP contribution in [0.5, 0.6) is 0 Å². The number of furan rings is 1. The molecule has 11 rings (SSSR count). The van der Waals surface area contributed by atoms with Gasteiger partial charge < -0.3 is 4.42 Å². The average Bonchev–Trinajstić information content (AvgIpc) is 3.80. The van der Waals surface area contributed by atoms with Crippen molar-refractivity contribution in [3.05, 3.63) is 182 Å². The van der Waals surface area contributed by atoms with Gasteiger partial charge >= 0.3 is 0 Å². The molecule has 0 spiro atoms. The van der Waals surface area contributed by atoms with E-state index in [1.807, 2.05) is 66.7 Å². The minimum absolute atomic E-state index is 0.551. The van der Waals surface area contributed by atoms with E-state index >= 15 is 0 Å². The highest BCUT2D eigenvalue weighted by Gasteiger charge is 2.24. The summed E-state index contributed by atoms with van der Waals surface area (Å²) in [5.74, 6) is 1.78. The van der Waals surface area contributed by atoms with Crippen LogP contribution in [0.15, 0.2) is 186 Å². The summed E-state index contributed by atoms with van der Waals surface area (Å²) >= 11 is 0. The van der Waals surface area contributed by atoms with Crippen molar-refractivity contribution in [1.82, 2.24) is 19.5 Å². The minimum Gasteiger partial charge on any atom is -0.456 e. The van der Waals surface area contributed by atoms with Crippen molar-refractivity contribution in [2.75, 3.05) is 0 Å². The molecule has 0 atom stereocenters. The van der Waals surface area contributed by atoms with Crippen LogP contribution >= 0.6 is 0 Å². The Morgan fingerprint density at radius 3 is 1.57 bits per heavy atom. The minimum atomic E-state index is 0.551. The Morgan fingerprint density at radius 1 is 0.352 bits per heavy atom. The lowest BCUT2D eigenvalue weighted by Crippen LogP contribution is -2.06. The van der Waals surface area contributed by atoms with E-state index in [0.717, 1.165) is 82.5 Å². The summed E-state index contributed by atoms with van der Waals surface area (Å²) in [5.41, 5.74) is 10.1. The van der Waals surface area contributed by atoms with E-state index in [4.69, 9.17) is 19.4 Å². The number of hydrogen-bond donors (Lipinski definition) is 0. The first-order valence-corrected chi connectivity index (χ1v) is 18.1. The van der Waals surface area contributed by atoms with E-state index < -0.39 is 0 Å². The third-order valence-electron chi connectivity index (χ3n) is 10.5. The third kappa shape index (κ3) is 4.76. The standard InChI is InChI=1S/C49H30N4O/c1-5-15-31(16-6-1)35-25-26-38-43(29-35)54-42-28-27-40-46(45(38)42)44-37-24-14-13-23-36(37)39(32-17-7-2-8-18-32)30-41(44)53(40)49-51-47(33-19-9-3-10-20-33)50-48(52-49)34-21-11-4-12-22-34/h1-30H. The van der Waals surface area contributed by atoms with Gasteiger partial charge in [-0.2, -0.15) is 9.97 Å². The number of aromatic nitrogens is 4. The van der Waals surface area contributed by atoms with Gasteiger partial charge in [0.15, 0.2) is 11.6 Å². The number of nitrogens with zero attached hydrogens (tertiary/aromatic N) is 4. The molecule has 3 heterocycles. The van der Waals surface area contributed by atoms with Gasteiger partial charge in [-0.3, -0.25) is 4.57 Å². The molecule has 0 aliphatic carbocycles. The molecule has 8 aromatic carbocycles. The fraction of sp³-hybridized carbons (Fsp3) is 0. The molecule has 5 nitrogen and oxygen atoms in total. The van der Waals surface area contributed by atoms with Crippen LogP contribution in [0.4, 0.5) is 0 Å². The Bertz CT molecular complexity index is 3130. The van der Waals surface area contributed by atoms with E-state index in [1.165, 1.54) is 5.39 Å². The van der Waals surface area contributed by atoms with Crippen molar-refractivity contribution < 1.29 is 4.42 Å². The predicted molar refractivity (Wildman–Crippen MR) is 221 cm³/mol. The topological polar surface area (TPSA) is 56.7 Å². The lowest BCUT2D eigenvalue weighted by molar-refractivity contribution is 0.669. The molecule has 0 amide bonds. The maximum absolute atomic E-state index is 6.70. The van der Waals surface area contributed by atoms with Crippen LogP contribution in [0.2, 0.25) is 0 Å². The molecular formula is C49H30N4O. The molecule has 252 valence electrons. The molecule has 0 saturated heterocycles. The molecule has 0 saturated carbocycles. The van der Waals surface area contributed by atoms with Crippen molar-refractivity contribution in [3.8, 4) is 51.0 Å². The second kappa shape index (κ2) is 12.1. The lowest BCUT2D eigenvalue weighted by atomic mass is 9.94. The van der Waals surface area contributed by atoms with Gasteiger partial charge in [0.05, 0.1) is 11.0 Å². The monoisotopic (exact) mass is 690 g/mol. The molecule has 3 aromatic heterocycles. The molecule has 5 heteroatoms. The molecule has 0 fully saturated rings. The zero-order valence-electron chi connectivity index (χ0n) is 29.0. The fourth-order valence-corrected chi connectivity index (χ4v) is 8.01. The highest BCUT2D eigenvalue weighted by molar-refractivity contribution is 6.33. The van der Waals surface area contributed by atoms with Crippen LogP contribution in [0, 0.1) is 0 Å². The van der Waals surface area contributed by atoms with Crippen LogP contribution < -0.4 is 0 Å². The zero-order valence-corrected chi connectivity index (χ0v) is 29.0. The summed E-state index contributed by atoms with van der Waals surface area (Å²) in [5, 5.41) is 6.70. The maximum atomic E-state index is 6.70. The normalized spacial score (nSPS) is 11.7. The van der Waals surface area contributed by atoms with E-state index in [1.54, 1.807) is 0 Å². The van der Waals surface area contributed by atoms with Gasteiger partial charge in [0.1, 0.15) is 11.2 Å². The van der Waals surface area contributed by atoms with Crippen LogP contribution in [0.3, 0.4) is 0 Å². The molecule has 0 radical (unpaired) electrons. The summed E-state index contributed by atoms with van der Waals surface area (Å²) in [6, 6.07) is 63.2. The average molecular weight is 691 g/mol.